The van der Waals surface area contributed by atoms with E-state index >= 15 is 0 Å². The Morgan fingerprint density at radius 2 is 2.27 bits per heavy atom. The van der Waals surface area contributed by atoms with Crippen LogP contribution in [0.5, 0.6) is 5.75 Å². The molecule has 0 radical (unpaired) electrons. The Hall–Kier alpha value is -1.58. The number of carbonyl (C=O) groups is 1. The van der Waals surface area contributed by atoms with Crippen LogP contribution in [-0.4, -0.2) is 17.7 Å². The minimum Gasteiger partial charge on any atom is -0.505 e. The van der Waals surface area contributed by atoms with Gasteiger partial charge in [-0.05, 0) is 31.5 Å². The zero-order valence-electron chi connectivity index (χ0n) is 8.66. The second kappa shape index (κ2) is 4.77. The molecule has 0 fully saturated rings. The summed E-state index contributed by atoms with van der Waals surface area (Å²) < 4.78 is 17.8. The summed E-state index contributed by atoms with van der Waals surface area (Å²) >= 11 is 0. The normalized spacial score (nSPS) is 12.2. The molecule has 82 valence electrons. The van der Waals surface area contributed by atoms with E-state index in [1.807, 2.05) is 0 Å². The van der Waals surface area contributed by atoms with Crippen molar-refractivity contribution in [3.05, 3.63) is 29.6 Å². The molecule has 1 atom stereocenters. The van der Waals surface area contributed by atoms with Crippen molar-refractivity contribution in [1.82, 2.24) is 0 Å². The molecule has 1 N–H and O–H groups in total. The van der Waals surface area contributed by atoms with Gasteiger partial charge in [-0.3, -0.25) is 4.79 Å². The van der Waals surface area contributed by atoms with Gasteiger partial charge in [-0.2, -0.15) is 0 Å². The van der Waals surface area contributed by atoms with Gasteiger partial charge in [0, 0.05) is 0 Å². The number of hydrogen-bond donors (Lipinski definition) is 1. The van der Waals surface area contributed by atoms with Gasteiger partial charge in [-0.15, -0.1) is 0 Å². The van der Waals surface area contributed by atoms with Crippen LogP contribution in [0.2, 0.25) is 0 Å². The summed E-state index contributed by atoms with van der Waals surface area (Å²) in [7, 11) is 0. The monoisotopic (exact) mass is 212 g/mol. The van der Waals surface area contributed by atoms with E-state index in [1.54, 1.807) is 13.8 Å². The first-order chi connectivity index (χ1) is 7.06. The fourth-order valence-corrected chi connectivity index (χ4v) is 1.20. The van der Waals surface area contributed by atoms with Crippen LogP contribution in [0.4, 0.5) is 4.39 Å². The number of halogens is 1. The molecule has 0 spiro atoms. The van der Waals surface area contributed by atoms with E-state index in [9.17, 15) is 9.18 Å². The van der Waals surface area contributed by atoms with Gasteiger partial charge in [0.25, 0.3) is 0 Å². The lowest BCUT2D eigenvalue weighted by molar-refractivity contribution is -0.144. The van der Waals surface area contributed by atoms with E-state index in [2.05, 4.69) is 0 Å². The summed E-state index contributed by atoms with van der Waals surface area (Å²) in [5.74, 6) is -2.08. The molecule has 4 heteroatoms. The molecule has 0 heterocycles. The molecule has 1 aromatic rings. The third-order valence-corrected chi connectivity index (χ3v) is 2.11. The van der Waals surface area contributed by atoms with Gasteiger partial charge in [-0.25, -0.2) is 4.39 Å². The van der Waals surface area contributed by atoms with Gasteiger partial charge in [-0.1, -0.05) is 6.07 Å². The maximum Gasteiger partial charge on any atom is 0.313 e. The van der Waals surface area contributed by atoms with E-state index in [1.165, 1.54) is 12.1 Å². The summed E-state index contributed by atoms with van der Waals surface area (Å²) in [5.41, 5.74) is 0.490. The molecule has 1 aromatic carbocycles. The van der Waals surface area contributed by atoms with E-state index in [0.717, 1.165) is 6.07 Å². The van der Waals surface area contributed by atoms with E-state index in [4.69, 9.17) is 9.84 Å². The van der Waals surface area contributed by atoms with E-state index < -0.39 is 23.5 Å². The average molecular weight is 212 g/mol. The third kappa shape index (κ3) is 2.68. The molecule has 1 rings (SSSR count). The Labute approximate surface area is 87.5 Å². The van der Waals surface area contributed by atoms with Crippen molar-refractivity contribution in [2.75, 3.05) is 6.61 Å². The average Bonchev–Trinajstić information content (AvgIpc) is 2.21. The number of ether oxygens (including phenoxy) is 1. The lowest BCUT2D eigenvalue weighted by atomic mass is 10.0. The summed E-state index contributed by atoms with van der Waals surface area (Å²) in [6, 6.07) is 3.86. The summed E-state index contributed by atoms with van der Waals surface area (Å²) in [6.07, 6.45) is 0. The number of aromatic hydroxyl groups is 1. The molecule has 3 nitrogen and oxygen atoms in total. The highest BCUT2D eigenvalue weighted by molar-refractivity contribution is 5.77. The Morgan fingerprint density at radius 1 is 1.60 bits per heavy atom. The maximum atomic E-state index is 13.0. The predicted octanol–water partition coefficient (Wildman–Crippen LogP) is 2.20. The van der Waals surface area contributed by atoms with Crippen LogP contribution >= 0.6 is 0 Å². The van der Waals surface area contributed by atoms with Gasteiger partial charge in [0.05, 0.1) is 12.5 Å². The molecule has 0 amide bonds. The predicted molar refractivity (Wildman–Crippen MR) is 53.1 cm³/mol. The fraction of sp³-hybridized carbons (Fsp3) is 0.364. The molecule has 0 saturated carbocycles. The highest BCUT2D eigenvalue weighted by Gasteiger charge is 2.17. The number of carbonyl (C=O) groups excluding carboxylic acids is 1. The first-order valence-electron chi connectivity index (χ1n) is 4.71. The molecule has 1 unspecified atom stereocenters. The summed E-state index contributed by atoms with van der Waals surface area (Å²) in [6.45, 7) is 3.63. The van der Waals surface area contributed by atoms with E-state index in [0.29, 0.717) is 12.2 Å². The lowest BCUT2D eigenvalue weighted by Crippen LogP contribution is -2.13. The van der Waals surface area contributed by atoms with Gasteiger partial charge in [0.1, 0.15) is 0 Å². The molecule has 0 aliphatic heterocycles. The van der Waals surface area contributed by atoms with E-state index in [-0.39, 0.29) is 0 Å². The first-order valence-corrected chi connectivity index (χ1v) is 4.71. The second-order valence-electron chi connectivity index (χ2n) is 3.18. The zero-order valence-corrected chi connectivity index (χ0v) is 8.66. The molecule has 0 aliphatic carbocycles. The van der Waals surface area contributed by atoms with Crippen LogP contribution in [0.15, 0.2) is 18.2 Å². The van der Waals surface area contributed by atoms with Crippen LogP contribution in [0.25, 0.3) is 0 Å². The number of benzene rings is 1. The lowest BCUT2D eigenvalue weighted by Gasteiger charge is -2.10. The fourth-order valence-electron chi connectivity index (χ4n) is 1.20. The van der Waals surface area contributed by atoms with Crippen molar-refractivity contribution in [3.63, 3.8) is 0 Å². The highest BCUT2D eigenvalue weighted by atomic mass is 19.1. The molecule has 0 saturated heterocycles. The minimum absolute atomic E-state index is 0.295. The molecule has 15 heavy (non-hydrogen) atoms. The van der Waals surface area contributed by atoms with Crippen molar-refractivity contribution in [3.8, 4) is 5.75 Å². The van der Waals surface area contributed by atoms with Crippen LogP contribution < -0.4 is 0 Å². The number of hydrogen-bond acceptors (Lipinski definition) is 3. The van der Waals surface area contributed by atoms with Crippen molar-refractivity contribution < 1.29 is 19.0 Å². The number of esters is 1. The topological polar surface area (TPSA) is 46.5 Å². The summed E-state index contributed by atoms with van der Waals surface area (Å²) in [5, 5.41) is 8.98. The maximum absolute atomic E-state index is 13.0. The van der Waals surface area contributed by atoms with Crippen LogP contribution in [0.1, 0.15) is 25.3 Å². The van der Waals surface area contributed by atoms with Crippen molar-refractivity contribution in [1.29, 1.82) is 0 Å². The van der Waals surface area contributed by atoms with Crippen molar-refractivity contribution in [2.24, 2.45) is 0 Å². The summed E-state index contributed by atoms with van der Waals surface area (Å²) in [4.78, 5) is 11.3. The van der Waals surface area contributed by atoms with Gasteiger partial charge in [0.15, 0.2) is 11.6 Å². The van der Waals surface area contributed by atoms with Crippen molar-refractivity contribution >= 4 is 5.97 Å². The Balaban J connectivity index is 2.86. The molecular formula is C11H13FO3. The highest BCUT2D eigenvalue weighted by Crippen LogP contribution is 2.22. The van der Waals surface area contributed by atoms with Gasteiger partial charge in [0.2, 0.25) is 0 Å². The molecule has 0 bridgehead atoms. The van der Waals surface area contributed by atoms with Crippen LogP contribution in [-0.2, 0) is 9.53 Å². The number of phenolic OH excluding ortho intramolecular Hbond substituents is 1. The molecule has 0 aliphatic rings. The Bertz CT molecular complexity index is 363. The smallest absolute Gasteiger partial charge is 0.313 e. The van der Waals surface area contributed by atoms with Gasteiger partial charge >= 0.3 is 5.97 Å². The number of rotatable bonds is 3. The quantitative estimate of drug-likeness (QED) is 0.781. The van der Waals surface area contributed by atoms with Gasteiger partial charge < -0.3 is 9.84 Å². The Morgan fingerprint density at radius 3 is 2.80 bits per heavy atom. The molecular weight excluding hydrogens is 199 g/mol. The Kier molecular flexibility index (Phi) is 3.66. The van der Waals surface area contributed by atoms with Crippen LogP contribution in [0, 0.1) is 5.82 Å². The minimum atomic E-state index is -0.733. The SMILES string of the molecule is CCOC(=O)C(C)c1ccc(O)c(F)c1. The van der Waals surface area contributed by atoms with Crippen molar-refractivity contribution in [2.45, 2.75) is 19.8 Å². The van der Waals surface area contributed by atoms with Crippen LogP contribution in [0.3, 0.4) is 0 Å². The largest absolute Gasteiger partial charge is 0.505 e. The zero-order chi connectivity index (χ0) is 11.4. The number of phenols is 1. The molecule has 0 aromatic heterocycles. The second-order valence-corrected chi connectivity index (χ2v) is 3.18. The third-order valence-electron chi connectivity index (χ3n) is 2.11. The first kappa shape index (κ1) is 11.5. The standard InChI is InChI=1S/C11H13FO3/c1-3-15-11(14)7(2)8-4-5-10(13)9(12)6-8/h4-7,13H,3H2,1-2H3.